The Morgan fingerprint density at radius 1 is 1.38 bits per heavy atom. The number of rotatable bonds is 6. The van der Waals surface area contributed by atoms with Crippen LogP contribution in [0.5, 0.6) is 5.75 Å². The highest BCUT2D eigenvalue weighted by molar-refractivity contribution is 6.31. The van der Waals surface area contributed by atoms with E-state index in [1.807, 2.05) is 0 Å². The third kappa shape index (κ3) is 4.30. The number of carbonyl (C=O) groups is 2. The number of amides is 2. The zero-order valence-electron chi connectivity index (χ0n) is 15.1. The normalized spacial score (nSPS) is 22.5. The summed E-state index contributed by atoms with van der Waals surface area (Å²) in [5, 5.41) is 6.81. The summed E-state index contributed by atoms with van der Waals surface area (Å²) in [5.41, 5.74) is 0.400. The van der Waals surface area contributed by atoms with Gasteiger partial charge in [0.1, 0.15) is 11.8 Å². The molecule has 1 aromatic carbocycles. The minimum Gasteiger partial charge on any atom is -0.496 e. The van der Waals surface area contributed by atoms with Gasteiger partial charge in [-0.2, -0.15) is 0 Å². The molecular formula is C19H26ClN3O3. The molecule has 0 bridgehead atoms. The lowest BCUT2D eigenvalue weighted by Crippen LogP contribution is -2.46. The standard InChI is InChI=1S/C19H26ClN3O3/c1-26-17-5-4-14(20)11-15(17)19(25)23-10-2-3-16(23)18(24)22-9-7-13-6-8-21-12-13/h4-5,11,13,16,21H,2-3,6-10,12H2,1H3,(H,22,24). The van der Waals surface area contributed by atoms with E-state index in [9.17, 15) is 9.59 Å². The Morgan fingerprint density at radius 3 is 2.96 bits per heavy atom. The average Bonchev–Trinajstić information content (AvgIpc) is 3.32. The maximum atomic E-state index is 13.0. The first-order valence-electron chi connectivity index (χ1n) is 9.23. The van der Waals surface area contributed by atoms with Crippen molar-refractivity contribution < 1.29 is 14.3 Å². The fourth-order valence-electron chi connectivity index (χ4n) is 3.76. The van der Waals surface area contributed by atoms with Crippen LogP contribution in [0.3, 0.4) is 0 Å². The summed E-state index contributed by atoms with van der Waals surface area (Å²) in [6, 6.07) is 4.54. The van der Waals surface area contributed by atoms with Crippen molar-refractivity contribution >= 4 is 23.4 Å². The number of halogens is 1. The minimum absolute atomic E-state index is 0.0669. The fraction of sp³-hybridized carbons (Fsp3) is 0.579. The Balaban J connectivity index is 1.62. The van der Waals surface area contributed by atoms with E-state index in [1.54, 1.807) is 23.1 Å². The zero-order valence-corrected chi connectivity index (χ0v) is 15.8. The van der Waals surface area contributed by atoms with E-state index in [-0.39, 0.29) is 11.8 Å². The van der Waals surface area contributed by atoms with Gasteiger partial charge in [-0.1, -0.05) is 11.6 Å². The Kier molecular flexibility index (Phi) is 6.38. The van der Waals surface area contributed by atoms with Crippen molar-refractivity contribution in [1.29, 1.82) is 0 Å². The van der Waals surface area contributed by atoms with Crippen LogP contribution in [-0.2, 0) is 4.79 Å². The molecule has 0 aromatic heterocycles. The van der Waals surface area contributed by atoms with Crippen LogP contribution < -0.4 is 15.4 Å². The average molecular weight is 380 g/mol. The number of methoxy groups -OCH3 is 1. The third-order valence-corrected chi connectivity index (χ3v) is 5.46. The lowest BCUT2D eigenvalue weighted by atomic mass is 10.1. The monoisotopic (exact) mass is 379 g/mol. The Morgan fingerprint density at radius 2 is 2.23 bits per heavy atom. The van der Waals surface area contributed by atoms with Crippen molar-refractivity contribution in [2.24, 2.45) is 5.92 Å². The molecule has 26 heavy (non-hydrogen) atoms. The molecule has 2 aliphatic heterocycles. The Labute approximate surface area is 159 Å². The number of hydrogen-bond acceptors (Lipinski definition) is 4. The van der Waals surface area contributed by atoms with Gasteiger partial charge in [-0.15, -0.1) is 0 Å². The lowest BCUT2D eigenvalue weighted by Gasteiger charge is -2.25. The van der Waals surface area contributed by atoms with Crippen LogP contribution in [0.2, 0.25) is 5.02 Å². The number of likely N-dealkylation sites (tertiary alicyclic amines) is 1. The number of nitrogens with one attached hydrogen (secondary N) is 2. The minimum atomic E-state index is -0.423. The van der Waals surface area contributed by atoms with Gasteiger partial charge in [-0.25, -0.2) is 0 Å². The van der Waals surface area contributed by atoms with E-state index in [0.717, 1.165) is 25.9 Å². The first-order valence-corrected chi connectivity index (χ1v) is 9.61. The molecule has 2 aliphatic rings. The molecule has 0 spiro atoms. The second kappa shape index (κ2) is 8.73. The van der Waals surface area contributed by atoms with Crippen molar-refractivity contribution in [3.8, 4) is 5.75 Å². The maximum absolute atomic E-state index is 13.0. The molecule has 142 valence electrons. The molecule has 1 aromatic rings. The van der Waals surface area contributed by atoms with Gasteiger partial charge in [0.05, 0.1) is 12.7 Å². The van der Waals surface area contributed by atoms with Crippen LogP contribution in [0.4, 0.5) is 0 Å². The smallest absolute Gasteiger partial charge is 0.258 e. The number of benzene rings is 1. The summed E-state index contributed by atoms with van der Waals surface area (Å²) in [6.45, 7) is 3.31. The van der Waals surface area contributed by atoms with Crippen molar-refractivity contribution in [1.82, 2.24) is 15.5 Å². The molecule has 3 rings (SSSR count). The number of carbonyl (C=O) groups excluding carboxylic acids is 2. The fourth-order valence-corrected chi connectivity index (χ4v) is 3.93. The lowest BCUT2D eigenvalue weighted by molar-refractivity contribution is -0.124. The van der Waals surface area contributed by atoms with Gasteiger partial charge in [0, 0.05) is 18.1 Å². The Bertz CT molecular complexity index is 661. The van der Waals surface area contributed by atoms with Gasteiger partial charge in [0.2, 0.25) is 5.91 Å². The molecule has 2 unspecified atom stereocenters. The topological polar surface area (TPSA) is 70.7 Å². The molecule has 0 aliphatic carbocycles. The van der Waals surface area contributed by atoms with E-state index in [4.69, 9.17) is 16.3 Å². The van der Waals surface area contributed by atoms with Crippen LogP contribution in [0.1, 0.15) is 36.0 Å². The summed E-state index contributed by atoms with van der Waals surface area (Å²) in [4.78, 5) is 27.2. The summed E-state index contributed by atoms with van der Waals surface area (Å²) in [6.07, 6.45) is 3.64. The highest BCUT2D eigenvalue weighted by Gasteiger charge is 2.35. The molecule has 2 amide bonds. The molecule has 2 atom stereocenters. The van der Waals surface area contributed by atoms with E-state index in [0.29, 0.717) is 41.8 Å². The summed E-state index contributed by atoms with van der Waals surface area (Å²) >= 11 is 6.04. The highest BCUT2D eigenvalue weighted by Crippen LogP contribution is 2.27. The molecule has 2 fully saturated rings. The Hall–Kier alpha value is -1.79. The van der Waals surface area contributed by atoms with Gasteiger partial charge in [0.15, 0.2) is 0 Å². The zero-order chi connectivity index (χ0) is 18.5. The molecule has 2 N–H and O–H groups in total. The van der Waals surface area contributed by atoms with Crippen LogP contribution in [0.25, 0.3) is 0 Å². The number of nitrogens with zero attached hydrogens (tertiary/aromatic N) is 1. The maximum Gasteiger partial charge on any atom is 0.258 e. The molecular weight excluding hydrogens is 354 g/mol. The second-order valence-corrected chi connectivity index (χ2v) is 7.38. The predicted molar refractivity (Wildman–Crippen MR) is 101 cm³/mol. The molecule has 0 radical (unpaired) electrons. The summed E-state index contributed by atoms with van der Waals surface area (Å²) in [7, 11) is 1.52. The van der Waals surface area contributed by atoms with Gasteiger partial charge in [-0.05, 0) is 62.9 Å². The van der Waals surface area contributed by atoms with Gasteiger partial charge < -0.3 is 20.3 Å². The van der Waals surface area contributed by atoms with Crippen LogP contribution >= 0.6 is 11.6 Å². The van der Waals surface area contributed by atoms with Crippen molar-refractivity contribution in [3.05, 3.63) is 28.8 Å². The first-order chi connectivity index (χ1) is 12.6. The first kappa shape index (κ1) is 19.0. The van der Waals surface area contributed by atoms with Crippen molar-refractivity contribution in [3.63, 3.8) is 0 Å². The molecule has 2 heterocycles. The van der Waals surface area contributed by atoms with Crippen molar-refractivity contribution in [2.75, 3.05) is 33.3 Å². The highest BCUT2D eigenvalue weighted by atomic mass is 35.5. The van der Waals surface area contributed by atoms with Crippen molar-refractivity contribution in [2.45, 2.75) is 31.7 Å². The summed E-state index contributed by atoms with van der Waals surface area (Å²) < 4.78 is 5.29. The summed E-state index contributed by atoms with van der Waals surface area (Å²) in [5.74, 6) is 0.830. The van der Waals surface area contributed by atoms with E-state index < -0.39 is 6.04 Å². The largest absolute Gasteiger partial charge is 0.496 e. The quantitative estimate of drug-likeness (QED) is 0.793. The van der Waals surface area contributed by atoms with E-state index in [1.165, 1.54) is 13.5 Å². The second-order valence-electron chi connectivity index (χ2n) is 6.94. The number of ether oxygens (including phenoxy) is 1. The molecule has 0 saturated carbocycles. The number of hydrogen-bond donors (Lipinski definition) is 2. The molecule has 7 heteroatoms. The molecule has 2 saturated heterocycles. The van der Waals surface area contributed by atoms with E-state index >= 15 is 0 Å². The van der Waals surface area contributed by atoms with Gasteiger partial charge in [0.25, 0.3) is 5.91 Å². The molecule has 6 nitrogen and oxygen atoms in total. The van der Waals surface area contributed by atoms with Crippen LogP contribution in [0, 0.1) is 5.92 Å². The third-order valence-electron chi connectivity index (χ3n) is 5.22. The van der Waals surface area contributed by atoms with Crippen LogP contribution in [-0.4, -0.2) is 56.0 Å². The SMILES string of the molecule is COc1ccc(Cl)cc1C(=O)N1CCCC1C(=O)NCCC1CCNC1. The van der Waals surface area contributed by atoms with E-state index in [2.05, 4.69) is 10.6 Å². The van der Waals surface area contributed by atoms with Gasteiger partial charge >= 0.3 is 0 Å². The predicted octanol–water partition coefficient (Wildman–Crippen LogP) is 2.07. The van der Waals surface area contributed by atoms with Gasteiger partial charge in [-0.3, -0.25) is 9.59 Å². The van der Waals surface area contributed by atoms with Crippen LogP contribution in [0.15, 0.2) is 18.2 Å².